The molecule has 11 heteroatoms. The predicted molar refractivity (Wildman–Crippen MR) is 149 cm³/mol. The van der Waals surface area contributed by atoms with E-state index in [1.807, 2.05) is 20.9 Å². The maximum Gasteiger partial charge on any atom is 0.323 e. The fourth-order valence-corrected chi connectivity index (χ4v) is 4.63. The second kappa shape index (κ2) is 14.3. The van der Waals surface area contributed by atoms with Gasteiger partial charge in [-0.15, -0.1) is 0 Å². The number of aromatic nitrogens is 1. The number of aliphatic hydroxyl groups is 1. The first kappa shape index (κ1) is 30.4. The van der Waals surface area contributed by atoms with Gasteiger partial charge < -0.3 is 40.0 Å². The van der Waals surface area contributed by atoms with E-state index in [2.05, 4.69) is 28.0 Å². The maximum absolute atomic E-state index is 14.0. The number of fused-ring (bicyclic) bond motifs is 1. The molecular formula is C28H43N5O6. The van der Waals surface area contributed by atoms with Gasteiger partial charge in [-0.3, -0.25) is 4.79 Å². The second-order valence-corrected chi connectivity index (χ2v) is 10.3. The number of rotatable bonds is 6. The number of carbonyl (C=O) groups is 2. The number of ether oxygens (including phenoxy) is 2. The molecular weight excluding hydrogens is 502 g/mol. The number of benzene rings is 1. The highest BCUT2D eigenvalue weighted by Gasteiger charge is 2.29. The Bertz CT molecular complexity index is 1090. The monoisotopic (exact) mass is 545 g/mol. The van der Waals surface area contributed by atoms with Crippen molar-refractivity contribution in [1.82, 2.24) is 15.4 Å². The van der Waals surface area contributed by atoms with E-state index in [0.717, 1.165) is 19.3 Å². The summed E-state index contributed by atoms with van der Waals surface area (Å²) in [4.78, 5) is 28.4. The van der Waals surface area contributed by atoms with Crippen molar-refractivity contribution >= 4 is 23.3 Å². The zero-order valence-corrected chi connectivity index (χ0v) is 23.9. The molecule has 0 unspecified atom stereocenters. The van der Waals surface area contributed by atoms with Crippen LogP contribution in [0.1, 0.15) is 61.8 Å². The Hall–Kier alpha value is -3.15. The molecule has 1 aromatic heterocycles. The zero-order chi connectivity index (χ0) is 28.5. The van der Waals surface area contributed by atoms with Gasteiger partial charge >= 0.3 is 6.03 Å². The van der Waals surface area contributed by atoms with Crippen LogP contribution < -0.4 is 20.7 Å². The second-order valence-electron chi connectivity index (χ2n) is 10.3. The van der Waals surface area contributed by atoms with Crippen LogP contribution in [0.2, 0.25) is 0 Å². The number of nitrogens with one attached hydrogen (secondary N) is 3. The molecule has 3 amide bonds. The van der Waals surface area contributed by atoms with E-state index >= 15 is 0 Å². The van der Waals surface area contributed by atoms with Crippen LogP contribution in [0.4, 0.5) is 16.2 Å². The molecule has 2 aromatic rings. The van der Waals surface area contributed by atoms with Crippen molar-refractivity contribution in [3.63, 3.8) is 0 Å². The molecule has 0 saturated heterocycles. The van der Waals surface area contributed by atoms with Crippen molar-refractivity contribution in [3.8, 4) is 5.75 Å². The molecule has 4 atom stereocenters. The first-order valence-corrected chi connectivity index (χ1v) is 13.6. The van der Waals surface area contributed by atoms with Crippen LogP contribution in [-0.2, 0) is 4.74 Å². The van der Waals surface area contributed by atoms with Gasteiger partial charge in [0.2, 0.25) is 0 Å². The third-order valence-electron chi connectivity index (χ3n) is 6.99. The molecule has 1 aliphatic rings. The summed E-state index contributed by atoms with van der Waals surface area (Å²) in [6.07, 6.45) is 2.43. The lowest BCUT2D eigenvalue weighted by Crippen LogP contribution is -2.47. The van der Waals surface area contributed by atoms with Crippen LogP contribution in [0.3, 0.4) is 0 Å². The molecule has 1 aliphatic heterocycles. The largest absolute Gasteiger partial charge is 0.490 e. The van der Waals surface area contributed by atoms with E-state index in [0.29, 0.717) is 53.8 Å². The number of nitrogens with zero attached hydrogens (tertiary/aromatic N) is 2. The number of anilines is 2. The lowest BCUT2D eigenvalue weighted by molar-refractivity contribution is -0.000451. The molecule has 0 bridgehead atoms. The smallest absolute Gasteiger partial charge is 0.323 e. The van der Waals surface area contributed by atoms with Crippen molar-refractivity contribution < 1.29 is 28.7 Å². The summed E-state index contributed by atoms with van der Waals surface area (Å²) in [5.74, 6) is 0.643. The number of urea groups is 1. The molecule has 0 saturated carbocycles. The highest BCUT2D eigenvalue weighted by Crippen LogP contribution is 2.29. The number of aryl methyl sites for hydroxylation is 2. The third kappa shape index (κ3) is 8.17. The molecule has 0 fully saturated rings. The number of carbonyl (C=O) groups excluding carboxylic acids is 2. The Kier molecular flexibility index (Phi) is 11.1. The first-order chi connectivity index (χ1) is 18.6. The van der Waals surface area contributed by atoms with Gasteiger partial charge in [0.1, 0.15) is 17.1 Å². The van der Waals surface area contributed by atoms with Crippen LogP contribution in [0.5, 0.6) is 5.75 Å². The van der Waals surface area contributed by atoms with Gasteiger partial charge in [-0.25, -0.2) is 4.79 Å². The van der Waals surface area contributed by atoms with Gasteiger partial charge in [-0.2, -0.15) is 0 Å². The van der Waals surface area contributed by atoms with E-state index in [9.17, 15) is 14.7 Å². The topological polar surface area (TPSA) is 138 Å². The third-order valence-corrected chi connectivity index (χ3v) is 6.99. The average Bonchev–Trinajstić information content (AvgIpc) is 3.22. The average molecular weight is 546 g/mol. The van der Waals surface area contributed by atoms with Gasteiger partial charge in [-0.05, 0) is 72.2 Å². The Morgan fingerprint density at radius 3 is 2.67 bits per heavy atom. The van der Waals surface area contributed by atoms with E-state index in [-0.39, 0.29) is 30.6 Å². The van der Waals surface area contributed by atoms with Crippen molar-refractivity contribution in [1.29, 1.82) is 0 Å². The summed E-state index contributed by atoms with van der Waals surface area (Å²) in [5, 5.41) is 22.6. The van der Waals surface area contributed by atoms with Gasteiger partial charge in [-0.1, -0.05) is 12.1 Å². The zero-order valence-electron chi connectivity index (χ0n) is 23.9. The standard InChI is InChI=1S/C28H43N5O6/c1-17-15-33(18(2)16-34)27(35)23-13-22(30-28(36)31-26-20(4)32-39-21(26)5)10-11-24(23)38-19(3)9-7-8-12-37-25(17)14-29-6/h10-11,13,17-19,25,29,34H,7-9,12,14-16H2,1-6H3,(H2,30,31,36)/t17-,18+,19-,25+/m0/s1. The van der Waals surface area contributed by atoms with Gasteiger partial charge in [0, 0.05) is 31.3 Å². The number of amides is 3. The van der Waals surface area contributed by atoms with Crippen molar-refractivity contribution in [2.24, 2.45) is 5.92 Å². The van der Waals surface area contributed by atoms with Crippen molar-refractivity contribution in [2.45, 2.75) is 72.1 Å². The molecule has 0 spiro atoms. The van der Waals surface area contributed by atoms with E-state index in [1.54, 1.807) is 36.9 Å². The number of aliphatic hydroxyl groups excluding tert-OH is 1. The lowest BCUT2D eigenvalue weighted by Gasteiger charge is -2.34. The number of hydrogen-bond donors (Lipinski definition) is 4. The minimum absolute atomic E-state index is 0.00349. The highest BCUT2D eigenvalue weighted by molar-refractivity contribution is 6.03. The van der Waals surface area contributed by atoms with E-state index in [1.165, 1.54) is 0 Å². The van der Waals surface area contributed by atoms with Gasteiger partial charge in [0.15, 0.2) is 5.76 Å². The SMILES string of the molecule is CNC[C@H]1OCCCC[C@H](C)Oc2ccc(NC(=O)Nc3c(C)noc3C)cc2C(=O)N([C@H](C)CO)C[C@@H]1C. The number of hydrogen-bond acceptors (Lipinski definition) is 8. The molecule has 0 aliphatic carbocycles. The summed E-state index contributed by atoms with van der Waals surface area (Å²) in [6, 6.07) is 4.10. The predicted octanol–water partition coefficient (Wildman–Crippen LogP) is 3.95. The quantitative estimate of drug-likeness (QED) is 0.428. The molecule has 0 radical (unpaired) electrons. The first-order valence-electron chi connectivity index (χ1n) is 13.6. The fraction of sp³-hybridized carbons (Fsp3) is 0.607. The van der Waals surface area contributed by atoms with Gasteiger partial charge in [0.25, 0.3) is 5.91 Å². The van der Waals surface area contributed by atoms with Crippen LogP contribution in [0.15, 0.2) is 22.7 Å². The highest BCUT2D eigenvalue weighted by atomic mass is 16.5. The molecule has 216 valence electrons. The maximum atomic E-state index is 14.0. The summed E-state index contributed by atoms with van der Waals surface area (Å²) >= 11 is 0. The molecule has 3 rings (SSSR count). The van der Waals surface area contributed by atoms with Crippen molar-refractivity contribution in [3.05, 3.63) is 35.2 Å². The normalized spacial score (nSPS) is 21.9. The Morgan fingerprint density at radius 2 is 2.00 bits per heavy atom. The van der Waals surface area contributed by atoms with Crippen LogP contribution in [0, 0.1) is 19.8 Å². The van der Waals surface area contributed by atoms with Gasteiger partial charge in [0.05, 0.1) is 30.4 Å². The lowest BCUT2D eigenvalue weighted by atomic mass is 10.0. The molecule has 2 heterocycles. The molecule has 11 nitrogen and oxygen atoms in total. The molecule has 39 heavy (non-hydrogen) atoms. The summed E-state index contributed by atoms with van der Waals surface area (Å²) in [7, 11) is 1.88. The van der Waals surface area contributed by atoms with E-state index < -0.39 is 12.1 Å². The minimum Gasteiger partial charge on any atom is -0.490 e. The fourth-order valence-electron chi connectivity index (χ4n) is 4.63. The van der Waals surface area contributed by atoms with Crippen LogP contribution in [0.25, 0.3) is 0 Å². The summed E-state index contributed by atoms with van der Waals surface area (Å²) in [5.41, 5.74) is 1.79. The number of likely N-dealkylation sites (N-methyl/N-ethyl adjacent to an activating group) is 1. The molecule has 1 aromatic carbocycles. The summed E-state index contributed by atoms with van der Waals surface area (Å²) in [6.45, 7) is 10.8. The van der Waals surface area contributed by atoms with Crippen molar-refractivity contribution in [2.75, 3.05) is 44.0 Å². The van der Waals surface area contributed by atoms with Crippen LogP contribution in [-0.4, -0.2) is 78.7 Å². The Labute approximate surface area is 230 Å². The Balaban J connectivity index is 1.94. The Morgan fingerprint density at radius 1 is 1.23 bits per heavy atom. The van der Waals surface area contributed by atoms with E-state index in [4.69, 9.17) is 14.0 Å². The molecule has 4 N–H and O–H groups in total. The summed E-state index contributed by atoms with van der Waals surface area (Å²) < 4.78 is 17.5. The minimum atomic E-state index is -0.492. The van der Waals surface area contributed by atoms with Crippen LogP contribution >= 0.6 is 0 Å².